The molecular weight excluding hydrogens is 410 g/mol. The van der Waals surface area contributed by atoms with Gasteiger partial charge in [-0.05, 0) is 29.8 Å². The molecule has 1 atom stereocenters. The van der Waals surface area contributed by atoms with Gasteiger partial charge in [-0.15, -0.1) is 0 Å². The molecule has 0 bridgehead atoms. The van der Waals surface area contributed by atoms with Crippen LogP contribution in [0.1, 0.15) is 22.0 Å². The molecule has 3 rings (SSSR count). The molecule has 5 N–H and O–H groups in total. The summed E-state index contributed by atoms with van der Waals surface area (Å²) in [7, 11) is 4.61. The highest BCUT2D eigenvalue weighted by atomic mass is 16.5. The molecule has 8 heteroatoms. The van der Waals surface area contributed by atoms with Crippen LogP contribution in [0.3, 0.4) is 0 Å². The Labute approximate surface area is 186 Å². The average Bonchev–Trinajstić information content (AvgIpc) is 2.83. The van der Waals surface area contributed by atoms with Crippen LogP contribution in [0.2, 0.25) is 0 Å². The zero-order valence-corrected chi connectivity index (χ0v) is 18.2. The second kappa shape index (κ2) is 10.4. The van der Waals surface area contributed by atoms with E-state index >= 15 is 0 Å². The van der Waals surface area contributed by atoms with Crippen LogP contribution in [0.5, 0.6) is 17.2 Å². The number of aliphatic hydroxyl groups excluding tert-OH is 1. The van der Waals surface area contributed by atoms with Crippen molar-refractivity contribution in [3.8, 4) is 17.2 Å². The number of para-hydroxylation sites is 2. The molecule has 8 nitrogen and oxygen atoms in total. The summed E-state index contributed by atoms with van der Waals surface area (Å²) in [6, 6.07) is 17.1. The van der Waals surface area contributed by atoms with E-state index in [1.807, 2.05) is 0 Å². The highest BCUT2D eigenvalue weighted by molar-refractivity contribution is 6.05. The monoisotopic (exact) mass is 437 g/mol. The van der Waals surface area contributed by atoms with E-state index in [0.717, 1.165) is 5.56 Å². The molecule has 0 saturated heterocycles. The van der Waals surface area contributed by atoms with Crippen LogP contribution in [0.4, 0.5) is 17.1 Å². The predicted molar refractivity (Wildman–Crippen MR) is 125 cm³/mol. The Morgan fingerprint density at radius 2 is 1.59 bits per heavy atom. The van der Waals surface area contributed by atoms with Crippen LogP contribution in [0.25, 0.3) is 0 Å². The van der Waals surface area contributed by atoms with Gasteiger partial charge in [-0.1, -0.05) is 24.3 Å². The molecule has 1 unspecified atom stereocenters. The van der Waals surface area contributed by atoms with Crippen LogP contribution >= 0.6 is 0 Å². The lowest BCUT2D eigenvalue weighted by Gasteiger charge is -2.20. The number of carbonyl (C=O) groups is 1. The number of nitrogen functional groups attached to an aromatic ring is 1. The first kappa shape index (κ1) is 22.8. The van der Waals surface area contributed by atoms with Gasteiger partial charge < -0.3 is 35.7 Å². The minimum atomic E-state index is -0.417. The maximum Gasteiger partial charge on any atom is 0.255 e. The Balaban J connectivity index is 1.77. The van der Waals surface area contributed by atoms with Gasteiger partial charge in [0.25, 0.3) is 5.91 Å². The molecule has 0 fully saturated rings. The molecule has 1 amide bonds. The van der Waals surface area contributed by atoms with Gasteiger partial charge in [0.2, 0.25) is 5.75 Å². The van der Waals surface area contributed by atoms with Crippen molar-refractivity contribution in [2.24, 2.45) is 0 Å². The number of hydrogen-bond acceptors (Lipinski definition) is 7. The second-order valence-electron chi connectivity index (χ2n) is 6.96. The Kier molecular flexibility index (Phi) is 7.41. The highest BCUT2D eigenvalue weighted by Crippen LogP contribution is 2.40. The summed E-state index contributed by atoms with van der Waals surface area (Å²) in [4.78, 5) is 12.5. The van der Waals surface area contributed by atoms with E-state index in [4.69, 9.17) is 19.9 Å². The number of amides is 1. The normalized spacial score (nSPS) is 11.4. The quantitative estimate of drug-likeness (QED) is 0.377. The molecular formula is C24H27N3O5. The Hall–Kier alpha value is -3.91. The van der Waals surface area contributed by atoms with Gasteiger partial charge in [0, 0.05) is 23.4 Å². The molecule has 3 aromatic carbocycles. The van der Waals surface area contributed by atoms with Crippen molar-refractivity contribution in [1.29, 1.82) is 0 Å². The smallest absolute Gasteiger partial charge is 0.255 e. The minimum Gasteiger partial charge on any atom is -0.493 e. The first-order valence-corrected chi connectivity index (χ1v) is 9.94. The summed E-state index contributed by atoms with van der Waals surface area (Å²) < 4.78 is 16.1. The number of benzene rings is 3. The molecule has 0 aromatic heterocycles. The van der Waals surface area contributed by atoms with Gasteiger partial charge in [-0.25, -0.2) is 0 Å². The second-order valence-corrected chi connectivity index (χ2v) is 6.96. The maximum atomic E-state index is 12.5. The van der Waals surface area contributed by atoms with Crippen LogP contribution in [0.15, 0.2) is 60.7 Å². The van der Waals surface area contributed by atoms with Crippen molar-refractivity contribution < 1.29 is 24.1 Å². The van der Waals surface area contributed by atoms with Gasteiger partial charge in [-0.2, -0.15) is 0 Å². The summed E-state index contributed by atoms with van der Waals surface area (Å²) in [6.45, 7) is -0.164. The van der Waals surface area contributed by atoms with Gasteiger partial charge in [0.05, 0.1) is 45.4 Å². The van der Waals surface area contributed by atoms with E-state index in [0.29, 0.717) is 39.9 Å². The van der Waals surface area contributed by atoms with Crippen molar-refractivity contribution in [2.45, 2.75) is 6.04 Å². The minimum absolute atomic E-state index is 0.164. The van der Waals surface area contributed by atoms with Crippen molar-refractivity contribution in [1.82, 2.24) is 0 Å². The van der Waals surface area contributed by atoms with Crippen LogP contribution in [0, 0.1) is 0 Å². The average molecular weight is 437 g/mol. The van der Waals surface area contributed by atoms with Crippen molar-refractivity contribution in [3.63, 3.8) is 0 Å². The van der Waals surface area contributed by atoms with Crippen molar-refractivity contribution in [2.75, 3.05) is 44.3 Å². The number of methoxy groups -OCH3 is 3. The Bertz CT molecular complexity index is 1040. The molecule has 0 radical (unpaired) electrons. The number of aliphatic hydroxyl groups is 1. The van der Waals surface area contributed by atoms with E-state index in [-0.39, 0.29) is 12.5 Å². The van der Waals surface area contributed by atoms with Crippen molar-refractivity contribution >= 4 is 23.0 Å². The maximum absolute atomic E-state index is 12.5. The number of nitrogens with two attached hydrogens (primary N) is 1. The van der Waals surface area contributed by atoms with E-state index in [1.54, 1.807) is 60.7 Å². The summed E-state index contributed by atoms with van der Waals surface area (Å²) >= 11 is 0. The molecule has 32 heavy (non-hydrogen) atoms. The fourth-order valence-electron chi connectivity index (χ4n) is 3.27. The predicted octanol–water partition coefficient (Wildman–Crippen LogP) is 3.69. The number of rotatable bonds is 9. The fraction of sp³-hybridized carbons (Fsp3) is 0.208. The number of anilines is 3. The molecule has 3 aromatic rings. The van der Waals surface area contributed by atoms with Crippen LogP contribution < -0.4 is 30.6 Å². The van der Waals surface area contributed by atoms with Crippen molar-refractivity contribution in [3.05, 3.63) is 71.8 Å². The van der Waals surface area contributed by atoms with E-state index in [2.05, 4.69) is 10.6 Å². The van der Waals surface area contributed by atoms with Crippen LogP contribution in [-0.2, 0) is 0 Å². The van der Waals surface area contributed by atoms with Gasteiger partial charge >= 0.3 is 0 Å². The number of nitrogens with one attached hydrogen (secondary N) is 2. The lowest BCUT2D eigenvalue weighted by molar-refractivity contribution is 0.102. The largest absolute Gasteiger partial charge is 0.493 e. The lowest BCUT2D eigenvalue weighted by atomic mass is 10.0. The zero-order chi connectivity index (χ0) is 23.1. The number of ether oxygens (including phenoxy) is 3. The van der Waals surface area contributed by atoms with E-state index < -0.39 is 6.04 Å². The van der Waals surface area contributed by atoms with Gasteiger partial charge in [0.1, 0.15) is 0 Å². The summed E-state index contributed by atoms with van der Waals surface area (Å²) in [5.41, 5.74) is 8.89. The third kappa shape index (κ3) is 5.04. The number of carbonyl (C=O) groups excluding carboxylic acids is 1. The molecule has 0 aliphatic rings. The Morgan fingerprint density at radius 1 is 0.969 bits per heavy atom. The zero-order valence-electron chi connectivity index (χ0n) is 18.2. The summed E-state index contributed by atoms with van der Waals surface area (Å²) in [5.74, 6) is 1.21. The summed E-state index contributed by atoms with van der Waals surface area (Å²) in [6.07, 6.45) is 0. The highest BCUT2D eigenvalue weighted by Gasteiger charge is 2.17. The fourth-order valence-corrected chi connectivity index (χ4v) is 3.27. The third-order valence-corrected chi connectivity index (χ3v) is 4.97. The molecule has 0 aliphatic heterocycles. The first-order valence-electron chi connectivity index (χ1n) is 9.94. The third-order valence-electron chi connectivity index (χ3n) is 4.97. The first-order chi connectivity index (χ1) is 15.5. The molecule has 0 spiro atoms. The molecule has 0 heterocycles. The van der Waals surface area contributed by atoms with E-state index in [1.165, 1.54) is 21.3 Å². The Morgan fingerprint density at radius 3 is 2.12 bits per heavy atom. The van der Waals surface area contributed by atoms with E-state index in [9.17, 15) is 9.90 Å². The number of hydrogen-bond donors (Lipinski definition) is 4. The lowest BCUT2D eigenvalue weighted by Crippen LogP contribution is -2.16. The summed E-state index contributed by atoms with van der Waals surface area (Å²) in [5, 5.41) is 16.0. The van der Waals surface area contributed by atoms with Gasteiger partial charge in [0.15, 0.2) is 11.5 Å². The standard InChI is InChI=1S/C24H27N3O5/c1-30-21-12-17(13-22(31-2)23(21)32-3)26-20(14-28)15-8-10-16(11-9-15)24(29)27-19-7-5-4-6-18(19)25/h4-13,20,26,28H,14,25H2,1-3H3,(H,27,29). The molecule has 0 saturated carbocycles. The van der Waals surface area contributed by atoms with Gasteiger partial charge in [-0.3, -0.25) is 4.79 Å². The van der Waals surface area contributed by atoms with Crippen LogP contribution in [-0.4, -0.2) is 38.9 Å². The SMILES string of the molecule is COc1cc(NC(CO)c2ccc(C(=O)Nc3ccccc3N)cc2)cc(OC)c1OC. The topological polar surface area (TPSA) is 115 Å². The molecule has 168 valence electrons. The molecule has 0 aliphatic carbocycles.